The highest BCUT2D eigenvalue weighted by Crippen LogP contribution is 2.25. The highest BCUT2D eigenvalue weighted by atomic mass is 19.4. The van der Waals surface area contributed by atoms with Gasteiger partial charge in [0.2, 0.25) is 0 Å². The molecular formula is C14H10F3N5O4. The van der Waals surface area contributed by atoms with Crippen molar-refractivity contribution in [2.24, 2.45) is 0 Å². The molecule has 136 valence electrons. The number of alkyl halides is 3. The number of halogens is 3. The zero-order valence-corrected chi connectivity index (χ0v) is 12.7. The third kappa shape index (κ3) is 4.66. The number of anilines is 2. The molecule has 9 nitrogen and oxygen atoms in total. The molecule has 2 aromatic heterocycles. The summed E-state index contributed by atoms with van der Waals surface area (Å²) >= 11 is 0. The lowest BCUT2D eigenvalue weighted by atomic mass is 10.2. The van der Waals surface area contributed by atoms with Gasteiger partial charge in [-0.15, -0.1) is 0 Å². The van der Waals surface area contributed by atoms with Gasteiger partial charge in [0, 0.05) is 18.1 Å². The number of nitrogens with one attached hydrogen (secondary N) is 1. The first-order valence-electron chi connectivity index (χ1n) is 6.71. The van der Waals surface area contributed by atoms with Crippen molar-refractivity contribution in [3.05, 3.63) is 42.5 Å². The lowest BCUT2D eigenvalue weighted by molar-refractivity contribution is -0.192. The molecule has 1 amide bonds. The Kier molecular flexibility index (Phi) is 5.35. The van der Waals surface area contributed by atoms with Crippen molar-refractivity contribution in [1.82, 2.24) is 15.1 Å². The molecule has 1 aromatic carbocycles. The van der Waals surface area contributed by atoms with E-state index in [1.54, 1.807) is 18.2 Å². The van der Waals surface area contributed by atoms with Crippen molar-refractivity contribution >= 4 is 34.4 Å². The molecule has 0 aliphatic carbocycles. The third-order valence-electron chi connectivity index (χ3n) is 2.76. The Bertz CT molecular complexity index is 927. The molecular weight excluding hydrogens is 359 g/mol. The summed E-state index contributed by atoms with van der Waals surface area (Å²) in [4.78, 5) is 28.5. The molecule has 0 fully saturated rings. The molecule has 0 radical (unpaired) electrons. The number of carboxylic acid groups (broad SMARTS) is 1. The van der Waals surface area contributed by atoms with Crippen LogP contribution in [0, 0.1) is 0 Å². The molecule has 12 heteroatoms. The van der Waals surface area contributed by atoms with Crippen molar-refractivity contribution in [1.29, 1.82) is 0 Å². The van der Waals surface area contributed by atoms with Gasteiger partial charge in [0.25, 0.3) is 5.91 Å². The van der Waals surface area contributed by atoms with Crippen LogP contribution in [-0.4, -0.2) is 38.3 Å². The number of nitrogens with zero attached hydrogens (tertiary/aromatic N) is 3. The number of benzene rings is 1. The van der Waals surface area contributed by atoms with Gasteiger partial charge in [-0.25, -0.2) is 9.78 Å². The summed E-state index contributed by atoms with van der Waals surface area (Å²) in [6.07, 6.45) is -0.789. The van der Waals surface area contributed by atoms with Crippen molar-refractivity contribution in [2.75, 3.05) is 11.1 Å². The maximum absolute atomic E-state index is 11.9. The summed E-state index contributed by atoms with van der Waals surface area (Å²) in [6.45, 7) is 0. The molecule has 0 atom stereocenters. The van der Waals surface area contributed by atoms with E-state index in [1.165, 1.54) is 18.6 Å². The molecule has 0 saturated carbocycles. The quantitative estimate of drug-likeness (QED) is 0.582. The number of nitrogens with two attached hydrogens (primary N) is 1. The van der Waals surface area contributed by atoms with Gasteiger partial charge in [0.15, 0.2) is 11.4 Å². The minimum absolute atomic E-state index is 0.197. The predicted octanol–water partition coefficient (Wildman–Crippen LogP) is 2.09. The van der Waals surface area contributed by atoms with E-state index < -0.39 is 18.1 Å². The summed E-state index contributed by atoms with van der Waals surface area (Å²) in [6, 6.07) is 5.07. The van der Waals surface area contributed by atoms with Gasteiger partial charge in [-0.2, -0.15) is 13.2 Å². The van der Waals surface area contributed by atoms with Gasteiger partial charge in [-0.05, 0) is 18.2 Å². The predicted molar refractivity (Wildman–Crippen MR) is 82.1 cm³/mol. The molecule has 0 saturated heterocycles. The molecule has 0 bridgehead atoms. The standard InChI is InChI=1S/C12H9N5O2.C2HF3O2/c13-7-1-2-10-8(5-7)11(17-19-10)16-12(18)9-6-14-3-4-15-9;3-2(4,5)1(6)7/h1-6H,13H2,(H,16,17,18);(H,6,7). The van der Waals surface area contributed by atoms with E-state index in [0.29, 0.717) is 22.5 Å². The van der Waals surface area contributed by atoms with Gasteiger partial charge < -0.3 is 20.7 Å². The number of hydrogen-bond acceptors (Lipinski definition) is 7. The van der Waals surface area contributed by atoms with Crippen molar-refractivity contribution < 1.29 is 32.4 Å². The maximum atomic E-state index is 11.9. The molecule has 2 heterocycles. The Morgan fingerprint density at radius 2 is 1.92 bits per heavy atom. The van der Waals surface area contributed by atoms with Crippen LogP contribution in [-0.2, 0) is 4.79 Å². The number of carbonyl (C=O) groups is 2. The lowest BCUT2D eigenvalue weighted by Gasteiger charge is -2.00. The van der Waals surface area contributed by atoms with Crippen LogP contribution in [0.15, 0.2) is 41.3 Å². The van der Waals surface area contributed by atoms with Crippen molar-refractivity contribution in [2.45, 2.75) is 6.18 Å². The molecule has 0 aliphatic rings. The maximum Gasteiger partial charge on any atom is 0.490 e. The smallest absolute Gasteiger partial charge is 0.475 e. The summed E-state index contributed by atoms with van der Waals surface area (Å²) in [5.41, 5.74) is 6.99. The molecule has 4 N–H and O–H groups in total. The molecule has 26 heavy (non-hydrogen) atoms. The van der Waals surface area contributed by atoms with E-state index in [4.69, 9.17) is 20.2 Å². The summed E-state index contributed by atoms with van der Waals surface area (Å²) in [5.74, 6) is -2.86. The number of amides is 1. The van der Waals surface area contributed by atoms with Gasteiger partial charge in [0.1, 0.15) is 5.69 Å². The number of rotatable bonds is 2. The van der Waals surface area contributed by atoms with Crippen LogP contribution in [0.25, 0.3) is 11.0 Å². The Labute approximate surface area is 142 Å². The number of aliphatic carboxylic acids is 1. The third-order valence-corrected chi connectivity index (χ3v) is 2.76. The largest absolute Gasteiger partial charge is 0.490 e. The molecule has 3 aromatic rings. The van der Waals surface area contributed by atoms with Gasteiger partial charge >= 0.3 is 12.1 Å². The van der Waals surface area contributed by atoms with Gasteiger partial charge in [-0.1, -0.05) is 5.16 Å². The summed E-state index contributed by atoms with van der Waals surface area (Å²) in [7, 11) is 0. The molecule has 0 spiro atoms. The monoisotopic (exact) mass is 369 g/mol. The van der Waals surface area contributed by atoms with Crippen LogP contribution in [0.3, 0.4) is 0 Å². The Morgan fingerprint density at radius 1 is 1.23 bits per heavy atom. The van der Waals surface area contributed by atoms with Crippen LogP contribution in [0.2, 0.25) is 0 Å². The first-order valence-corrected chi connectivity index (χ1v) is 6.71. The first-order chi connectivity index (χ1) is 12.2. The van der Waals surface area contributed by atoms with Gasteiger partial charge in [0.05, 0.1) is 11.6 Å². The molecule has 0 unspecified atom stereocenters. The Hall–Kier alpha value is -3.70. The summed E-state index contributed by atoms with van der Waals surface area (Å²) in [5, 5.41) is 14.2. The van der Waals surface area contributed by atoms with Crippen LogP contribution in [0.5, 0.6) is 0 Å². The number of carboxylic acids is 1. The van der Waals surface area contributed by atoms with E-state index in [9.17, 15) is 18.0 Å². The number of fused-ring (bicyclic) bond motifs is 1. The van der Waals surface area contributed by atoms with Crippen molar-refractivity contribution in [3.8, 4) is 0 Å². The molecule has 0 aliphatic heterocycles. The Balaban J connectivity index is 0.000000298. The van der Waals surface area contributed by atoms with E-state index in [1.807, 2.05) is 0 Å². The highest BCUT2D eigenvalue weighted by Gasteiger charge is 2.38. The second kappa shape index (κ2) is 7.46. The topological polar surface area (TPSA) is 144 Å². The zero-order chi connectivity index (χ0) is 19.3. The summed E-state index contributed by atoms with van der Waals surface area (Å²) < 4.78 is 36.8. The fourth-order valence-electron chi connectivity index (χ4n) is 1.63. The number of hydrogen-bond donors (Lipinski definition) is 3. The SMILES string of the molecule is Nc1ccc2onc(NC(=O)c3cnccn3)c2c1.O=C(O)C(F)(F)F. The molecule has 3 rings (SSSR count). The van der Waals surface area contributed by atoms with E-state index in [2.05, 4.69) is 20.4 Å². The average Bonchev–Trinajstić information content (AvgIpc) is 2.97. The van der Waals surface area contributed by atoms with Crippen LogP contribution >= 0.6 is 0 Å². The lowest BCUT2D eigenvalue weighted by Crippen LogP contribution is -2.21. The van der Waals surface area contributed by atoms with Crippen LogP contribution < -0.4 is 11.1 Å². The number of carbonyl (C=O) groups excluding carboxylic acids is 1. The number of nitrogen functional groups attached to an aromatic ring is 1. The Morgan fingerprint density at radius 3 is 2.50 bits per heavy atom. The van der Waals surface area contributed by atoms with E-state index in [-0.39, 0.29) is 5.69 Å². The second-order valence-electron chi connectivity index (χ2n) is 4.63. The van der Waals surface area contributed by atoms with Crippen LogP contribution in [0.1, 0.15) is 10.5 Å². The second-order valence-corrected chi connectivity index (χ2v) is 4.63. The van der Waals surface area contributed by atoms with Crippen LogP contribution in [0.4, 0.5) is 24.7 Å². The van der Waals surface area contributed by atoms with E-state index >= 15 is 0 Å². The first kappa shape index (κ1) is 18.6. The van der Waals surface area contributed by atoms with Crippen molar-refractivity contribution in [3.63, 3.8) is 0 Å². The number of aromatic nitrogens is 3. The minimum atomic E-state index is -5.08. The fraction of sp³-hybridized carbons (Fsp3) is 0.0714. The normalized spacial score (nSPS) is 10.7. The minimum Gasteiger partial charge on any atom is -0.475 e. The fourth-order valence-corrected chi connectivity index (χ4v) is 1.63. The average molecular weight is 369 g/mol. The van der Waals surface area contributed by atoms with Gasteiger partial charge in [-0.3, -0.25) is 9.78 Å². The highest BCUT2D eigenvalue weighted by molar-refractivity contribution is 6.06. The van der Waals surface area contributed by atoms with E-state index in [0.717, 1.165) is 0 Å². The zero-order valence-electron chi connectivity index (χ0n) is 12.7.